The molecule has 3 atom stereocenters. The van der Waals surface area contributed by atoms with Crippen LogP contribution in [-0.4, -0.2) is 13.1 Å². The highest BCUT2D eigenvalue weighted by Crippen LogP contribution is 2.34. The zero-order valence-corrected chi connectivity index (χ0v) is 12.2. The topological polar surface area (TPSA) is 29.3 Å². The SMILES string of the molecule is CC1CCCC(N(C)c2c(F)cccc2[C@@H](C)N)C1. The lowest BCUT2D eigenvalue weighted by molar-refractivity contribution is 0.335. The molecule has 2 nitrogen and oxygen atoms in total. The predicted octanol–water partition coefficient (Wildman–Crippen LogP) is 3.86. The molecule has 2 rings (SSSR count). The molecule has 0 saturated heterocycles. The maximum atomic E-state index is 14.2. The van der Waals surface area contributed by atoms with Crippen LogP contribution in [-0.2, 0) is 0 Å². The van der Waals surface area contributed by atoms with Gasteiger partial charge in [-0.25, -0.2) is 4.39 Å². The summed E-state index contributed by atoms with van der Waals surface area (Å²) in [5.41, 5.74) is 7.58. The minimum atomic E-state index is -0.157. The zero-order chi connectivity index (χ0) is 14.0. The van der Waals surface area contributed by atoms with Crippen LogP contribution < -0.4 is 10.6 Å². The number of halogens is 1. The van der Waals surface area contributed by atoms with E-state index in [-0.39, 0.29) is 11.9 Å². The van der Waals surface area contributed by atoms with Gasteiger partial charge in [0.25, 0.3) is 0 Å². The van der Waals surface area contributed by atoms with E-state index in [9.17, 15) is 4.39 Å². The summed E-state index contributed by atoms with van der Waals surface area (Å²) in [4.78, 5) is 2.11. The van der Waals surface area contributed by atoms with Gasteiger partial charge in [0.15, 0.2) is 0 Å². The fraction of sp³-hybridized carbons (Fsp3) is 0.625. The van der Waals surface area contributed by atoms with Crippen molar-refractivity contribution in [2.75, 3.05) is 11.9 Å². The lowest BCUT2D eigenvalue weighted by Gasteiger charge is -2.37. The van der Waals surface area contributed by atoms with Crippen molar-refractivity contribution in [3.8, 4) is 0 Å². The van der Waals surface area contributed by atoms with E-state index in [1.54, 1.807) is 6.07 Å². The fourth-order valence-corrected chi connectivity index (χ4v) is 3.21. The summed E-state index contributed by atoms with van der Waals surface area (Å²) < 4.78 is 14.2. The van der Waals surface area contributed by atoms with E-state index in [0.717, 1.165) is 24.3 Å². The molecule has 1 fully saturated rings. The van der Waals surface area contributed by atoms with Gasteiger partial charge < -0.3 is 10.6 Å². The Morgan fingerprint density at radius 1 is 1.37 bits per heavy atom. The first-order chi connectivity index (χ1) is 9.00. The van der Waals surface area contributed by atoms with Gasteiger partial charge in [0.05, 0.1) is 5.69 Å². The molecule has 1 aliphatic rings. The zero-order valence-electron chi connectivity index (χ0n) is 12.2. The second-order valence-corrected chi connectivity index (χ2v) is 6.00. The average molecular weight is 264 g/mol. The largest absolute Gasteiger partial charge is 0.369 e. The number of rotatable bonds is 3. The minimum absolute atomic E-state index is 0.144. The summed E-state index contributed by atoms with van der Waals surface area (Å²) in [7, 11) is 2.01. The second-order valence-electron chi connectivity index (χ2n) is 6.00. The number of hydrogen-bond acceptors (Lipinski definition) is 2. The van der Waals surface area contributed by atoms with Gasteiger partial charge in [-0.15, -0.1) is 0 Å². The summed E-state index contributed by atoms with van der Waals surface area (Å²) in [5, 5.41) is 0. The predicted molar refractivity (Wildman–Crippen MR) is 78.8 cm³/mol. The van der Waals surface area contributed by atoms with Gasteiger partial charge >= 0.3 is 0 Å². The Bertz CT molecular complexity index is 431. The molecule has 0 heterocycles. The molecule has 1 aromatic rings. The maximum absolute atomic E-state index is 14.2. The summed E-state index contributed by atoms with van der Waals surface area (Å²) in [5.74, 6) is 0.572. The molecule has 19 heavy (non-hydrogen) atoms. The van der Waals surface area contributed by atoms with Crippen LogP contribution in [0.25, 0.3) is 0 Å². The lowest BCUT2D eigenvalue weighted by atomic mass is 9.86. The van der Waals surface area contributed by atoms with E-state index in [0.29, 0.717) is 11.7 Å². The quantitative estimate of drug-likeness (QED) is 0.898. The highest BCUT2D eigenvalue weighted by Gasteiger charge is 2.26. The van der Waals surface area contributed by atoms with Crippen LogP contribution in [0.4, 0.5) is 10.1 Å². The molecular weight excluding hydrogens is 239 g/mol. The number of anilines is 1. The monoisotopic (exact) mass is 264 g/mol. The van der Waals surface area contributed by atoms with Crippen molar-refractivity contribution in [2.24, 2.45) is 11.7 Å². The van der Waals surface area contributed by atoms with E-state index in [1.165, 1.54) is 18.9 Å². The standard InChI is InChI=1S/C16H25FN2/c1-11-6-4-7-13(10-11)19(3)16-14(12(2)18)8-5-9-15(16)17/h5,8-9,11-13H,4,6-7,10,18H2,1-3H3/t11?,12-,13?/m1/s1. The van der Waals surface area contributed by atoms with Crippen molar-refractivity contribution in [1.29, 1.82) is 0 Å². The first kappa shape index (κ1) is 14.3. The van der Waals surface area contributed by atoms with Crippen LogP contribution in [0, 0.1) is 11.7 Å². The third kappa shape index (κ3) is 3.08. The van der Waals surface area contributed by atoms with E-state index < -0.39 is 0 Å². The van der Waals surface area contributed by atoms with E-state index >= 15 is 0 Å². The van der Waals surface area contributed by atoms with Gasteiger partial charge in [-0.3, -0.25) is 0 Å². The van der Waals surface area contributed by atoms with E-state index in [2.05, 4.69) is 11.8 Å². The number of hydrogen-bond donors (Lipinski definition) is 1. The Morgan fingerprint density at radius 3 is 2.74 bits per heavy atom. The van der Waals surface area contributed by atoms with Crippen LogP contribution in [0.3, 0.4) is 0 Å². The summed E-state index contributed by atoms with van der Waals surface area (Å²) in [6, 6.07) is 5.50. The van der Waals surface area contributed by atoms with Crippen LogP contribution in [0.1, 0.15) is 51.1 Å². The summed E-state index contributed by atoms with van der Waals surface area (Å²) >= 11 is 0. The molecule has 0 aliphatic heterocycles. The third-order valence-electron chi connectivity index (χ3n) is 4.32. The Kier molecular flexibility index (Phi) is 4.46. The van der Waals surface area contributed by atoms with E-state index in [1.807, 2.05) is 20.0 Å². The first-order valence-electron chi connectivity index (χ1n) is 7.27. The number of para-hydroxylation sites is 1. The molecule has 0 radical (unpaired) electrons. The molecule has 106 valence electrons. The van der Waals surface area contributed by atoms with Gasteiger partial charge in [-0.1, -0.05) is 31.9 Å². The van der Waals surface area contributed by atoms with E-state index in [4.69, 9.17) is 5.73 Å². The lowest BCUT2D eigenvalue weighted by Crippen LogP contribution is -2.37. The Labute approximate surface area is 115 Å². The molecule has 0 aromatic heterocycles. The van der Waals surface area contributed by atoms with Crippen LogP contribution >= 0.6 is 0 Å². The minimum Gasteiger partial charge on any atom is -0.369 e. The second kappa shape index (κ2) is 5.91. The third-order valence-corrected chi connectivity index (χ3v) is 4.32. The van der Waals surface area contributed by atoms with Crippen molar-refractivity contribution < 1.29 is 4.39 Å². The Hall–Kier alpha value is -1.09. The first-order valence-corrected chi connectivity index (χ1v) is 7.27. The van der Waals surface area contributed by atoms with Gasteiger partial charge in [0.2, 0.25) is 0 Å². The Morgan fingerprint density at radius 2 is 2.11 bits per heavy atom. The molecule has 2 unspecified atom stereocenters. The molecule has 1 aromatic carbocycles. The number of benzene rings is 1. The number of nitrogens with two attached hydrogens (primary N) is 1. The molecule has 2 N–H and O–H groups in total. The fourth-order valence-electron chi connectivity index (χ4n) is 3.21. The molecule has 3 heteroatoms. The normalized spacial score (nSPS) is 25.1. The molecule has 1 aliphatic carbocycles. The molecule has 0 spiro atoms. The maximum Gasteiger partial charge on any atom is 0.146 e. The summed E-state index contributed by atoms with van der Waals surface area (Å²) in [6.45, 7) is 4.20. The average Bonchev–Trinajstić information content (AvgIpc) is 2.37. The summed E-state index contributed by atoms with van der Waals surface area (Å²) in [6.07, 6.45) is 4.82. The van der Waals surface area contributed by atoms with Crippen molar-refractivity contribution >= 4 is 5.69 Å². The van der Waals surface area contributed by atoms with Gasteiger partial charge in [-0.2, -0.15) is 0 Å². The number of nitrogens with zero attached hydrogens (tertiary/aromatic N) is 1. The molecular formula is C16H25FN2. The van der Waals surface area contributed by atoms with Gasteiger partial charge in [0.1, 0.15) is 5.82 Å². The van der Waals surface area contributed by atoms with Crippen LogP contribution in [0.15, 0.2) is 18.2 Å². The van der Waals surface area contributed by atoms with Crippen LogP contribution in [0.5, 0.6) is 0 Å². The molecule has 1 saturated carbocycles. The van der Waals surface area contributed by atoms with Gasteiger partial charge in [-0.05, 0) is 37.3 Å². The Balaban J connectivity index is 2.29. The molecule has 0 amide bonds. The molecule has 0 bridgehead atoms. The van der Waals surface area contributed by atoms with Gasteiger partial charge in [0, 0.05) is 19.1 Å². The van der Waals surface area contributed by atoms with Crippen molar-refractivity contribution in [3.05, 3.63) is 29.6 Å². The highest BCUT2D eigenvalue weighted by molar-refractivity contribution is 5.56. The van der Waals surface area contributed by atoms with Crippen molar-refractivity contribution in [1.82, 2.24) is 0 Å². The smallest absolute Gasteiger partial charge is 0.146 e. The highest BCUT2D eigenvalue weighted by atomic mass is 19.1. The van der Waals surface area contributed by atoms with Crippen molar-refractivity contribution in [2.45, 2.75) is 51.6 Å². The van der Waals surface area contributed by atoms with Crippen molar-refractivity contribution in [3.63, 3.8) is 0 Å². The van der Waals surface area contributed by atoms with Crippen LogP contribution in [0.2, 0.25) is 0 Å².